The third kappa shape index (κ3) is 5.00. The molecule has 0 radical (unpaired) electrons. The van der Waals surface area contributed by atoms with Gasteiger partial charge < -0.3 is 25.4 Å². The maximum atomic E-state index is 12.6. The number of nitrogens with one attached hydrogen (secondary N) is 1. The number of anilines is 1. The van der Waals surface area contributed by atoms with Crippen LogP contribution in [0.4, 0.5) is 5.69 Å². The van der Waals surface area contributed by atoms with Gasteiger partial charge in [-0.1, -0.05) is 6.07 Å². The Kier molecular flexibility index (Phi) is 6.59. The number of ether oxygens (including phenoxy) is 2. The van der Waals surface area contributed by atoms with Crippen LogP contribution in [-0.4, -0.2) is 50.4 Å². The van der Waals surface area contributed by atoms with Gasteiger partial charge in [-0.3, -0.25) is 14.4 Å². The van der Waals surface area contributed by atoms with Gasteiger partial charge in [0.1, 0.15) is 0 Å². The molecule has 2 aromatic rings. The van der Waals surface area contributed by atoms with E-state index in [0.717, 1.165) is 5.56 Å². The number of primary amides is 1. The molecule has 3 amide bonds. The molecule has 28 heavy (non-hydrogen) atoms. The van der Waals surface area contributed by atoms with Crippen molar-refractivity contribution < 1.29 is 23.9 Å². The maximum Gasteiger partial charge on any atom is 0.255 e. The van der Waals surface area contributed by atoms with Crippen LogP contribution in [0.3, 0.4) is 0 Å². The van der Waals surface area contributed by atoms with E-state index in [9.17, 15) is 14.4 Å². The molecule has 2 aromatic carbocycles. The van der Waals surface area contributed by atoms with Crippen LogP contribution in [0.5, 0.6) is 11.5 Å². The van der Waals surface area contributed by atoms with Crippen LogP contribution in [0.1, 0.15) is 26.3 Å². The molecule has 0 aliphatic rings. The number of methoxy groups -OCH3 is 1. The molecule has 0 aliphatic carbocycles. The van der Waals surface area contributed by atoms with Crippen LogP contribution in [0.15, 0.2) is 36.4 Å². The molecule has 2 rings (SSSR count). The first kappa shape index (κ1) is 20.8. The van der Waals surface area contributed by atoms with Gasteiger partial charge in [-0.05, 0) is 42.8 Å². The normalized spacial score (nSPS) is 10.1. The molecule has 0 bridgehead atoms. The molecule has 0 aliphatic heterocycles. The van der Waals surface area contributed by atoms with Crippen LogP contribution in [0.2, 0.25) is 0 Å². The van der Waals surface area contributed by atoms with Crippen molar-refractivity contribution in [3.63, 3.8) is 0 Å². The van der Waals surface area contributed by atoms with Gasteiger partial charge in [0.2, 0.25) is 0 Å². The zero-order valence-corrected chi connectivity index (χ0v) is 16.2. The van der Waals surface area contributed by atoms with Crippen LogP contribution in [-0.2, 0) is 4.79 Å². The fourth-order valence-electron chi connectivity index (χ4n) is 2.42. The predicted octanol–water partition coefficient (Wildman–Crippen LogP) is 1.82. The second-order valence-corrected chi connectivity index (χ2v) is 6.30. The number of hydrogen-bond acceptors (Lipinski definition) is 5. The Morgan fingerprint density at radius 2 is 1.71 bits per heavy atom. The molecule has 8 nitrogen and oxygen atoms in total. The zero-order valence-electron chi connectivity index (χ0n) is 16.2. The summed E-state index contributed by atoms with van der Waals surface area (Å²) in [5.74, 6) is -0.563. The molecule has 0 atom stereocenters. The number of hydrogen-bond donors (Lipinski definition) is 2. The Balaban J connectivity index is 2.24. The van der Waals surface area contributed by atoms with Gasteiger partial charge in [-0.15, -0.1) is 0 Å². The second-order valence-electron chi connectivity index (χ2n) is 6.30. The van der Waals surface area contributed by atoms with E-state index >= 15 is 0 Å². The summed E-state index contributed by atoms with van der Waals surface area (Å²) in [6, 6.07) is 9.68. The fraction of sp³-hybridized carbons (Fsp3) is 0.250. The highest BCUT2D eigenvalue weighted by Crippen LogP contribution is 2.28. The lowest BCUT2D eigenvalue weighted by molar-refractivity contribution is -0.119. The smallest absolute Gasteiger partial charge is 0.255 e. The van der Waals surface area contributed by atoms with E-state index in [1.807, 2.05) is 6.92 Å². The SMILES string of the molecule is COc1cc(C(=O)Nc2cc(C(=O)N(C)C)ccc2C)ccc1OCC(N)=O. The Labute approximate surface area is 163 Å². The van der Waals surface area contributed by atoms with Gasteiger partial charge >= 0.3 is 0 Å². The van der Waals surface area contributed by atoms with Gasteiger partial charge in [0.25, 0.3) is 17.7 Å². The van der Waals surface area contributed by atoms with Crippen LogP contribution in [0, 0.1) is 6.92 Å². The third-order valence-corrected chi connectivity index (χ3v) is 3.93. The van der Waals surface area contributed by atoms with Crippen molar-refractivity contribution in [2.75, 3.05) is 33.1 Å². The number of rotatable bonds is 7. The van der Waals surface area contributed by atoms with Gasteiger partial charge in [0.15, 0.2) is 18.1 Å². The number of nitrogens with zero attached hydrogens (tertiary/aromatic N) is 1. The average molecular weight is 385 g/mol. The van der Waals surface area contributed by atoms with Gasteiger partial charge in [0, 0.05) is 30.9 Å². The number of benzene rings is 2. The summed E-state index contributed by atoms with van der Waals surface area (Å²) in [6.07, 6.45) is 0. The molecular weight excluding hydrogens is 362 g/mol. The molecule has 3 N–H and O–H groups in total. The predicted molar refractivity (Wildman–Crippen MR) is 105 cm³/mol. The first-order valence-corrected chi connectivity index (χ1v) is 8.45. The molecular formula is C20H23N3O5. The van der Waals surface area contributed by atoms with E-state index in [1.165, 1.54) is 24.1 Å². The number of nitrogens with two attached hydrogens (primary N) is 1. The standard InChI is InChI=1S/C20H23N3O5/c1-12-5-6-14(20(26)23(2)3)9-15(12)22-19(25)13-7-8-16(17(10-13)27-4)28-11-18(21)24/h5-10H,11H2,1-4H3,(H2,21,24)(H,22,25). The average Bonchev–Trinajstić information content (AvgIpc) is 2.67. The fourth-order valence-corrected chi connectivity index (χ4v) is 2.42. The number of amides is 3. The minimum Gasteiger partial charge on any atom is -0.493 e. The van der Waals surface area contributed by atoms with Crippen LogP contribution < -0.4 is 20.5 Å². The Hall–Kier alpha value is -3.55. The summed E-state index contributed by atoms with van der Waals surface area (Å²) in [7, 11) is 4.75. The molecule has 8 heteroatoms. The van der Waals surface area contributed by atoms with Crippen molar-refractivity contribution in [1.29, 1.82) is 0 Å². The van der Waals surface area contributed by atoms with Gasteiger partial charge in [0.05, 0.1) is 7.11 Å². The highest BCUT2D eigenvalue weighted by atomic mass is 16.5. The van der Waals surface area contributed by atoms with Crippen LogP contribution >= 0.6 is 0 Å². The van der Waals surface area contributed by atoms with E-state index in [1.54, 1.807) is 38.4 Å². The lowest BCUT2D eigenvalue weighted by Crippen LogP contribution is -2.22. The highest BCUT2D eigenvalue weighted by molar-refractivity contribution is 6.06. The van der Waals surface area contributed by atoms with E-state index in [-0.39, 0.29) is 18.4 Å². The van der Waals surface area contributed by atoms with E-state index in [2.05, 4.69) is 5.32 Å². The summed E-state index contributed by atoms with van der Waals surface area (Å²) >= 11 is 0. The molecule has 0 spiro atoms. The van der Waals surface area contributed by atoms with Crippen molar-refractivity contribution in [3.05, 3.63) is 53.1 Å². The minimum atomic E-state index is -0.619. The summed E-state index contributed by atoms with van der Waals surface area (Å²) in [5, 5.41) is 2.80. The molecule has 0 saturated carbocycles. The van der Waals surface area contributed by atoms with Crippen molar-refractivity contribution in [2.45, 2.75) is 6.92 Å². The van der Waals surface area contributed by atoms with Crippen molar-refractivity contribution in [3.8, 4) is 11.5 Å². The molecule has 148 valence electrons. The third-order valence-electron chi connectivity index (χ3n) is 3.93. The minimum absolute atomic E-state index is 0.159. The monoisotopic (exact) mass is 385 g/mol. The number of carbonyl (C=O) groups is 3. The van der Waals surface area contributed by atoms with Gasteiger partial charge in [-0.25, -0.2) is 0 Å². The Morgan fingerprint density at radius 1 is 1.04 bits per heavy atom. The van der Waals surface area contributed by atoms with Crippen molar-refractivity contribution in [2.24, 2.45) is 5.73 Å². The lowest BCUT2D eigenvalue weighted by atomic mass is 10.1. The van der Waals surface area contributed by atoms with Gasteiger partial charge in [-0.2, -0.15) is 0 Å². The summed E-state index contributed by atoms with van der Waals surface area (Å²) in [6.45, 7) is 1.54. The highest BCUT2D eigenvalue weighted by Gasteiger charge is 2.15. The number of carbonyl (C=O) groups excluding carboxylic acids is 3. The zero-order chi connectivity index (χ0) is 20.8. The Morgan fingerprint density at radius 3 is 2.32 bits per heavy atom. The quantitative estimate of drug-likeness (QED) is 0.755. The summed E-state index contributed by atoms with van der Waals surface area (Å²) in [4.78, 5) is 37.1. The van der Waals surface area contributed by atoms with Crippen molar-refractivity contribution >= 4 is 23.4 Å². The van der Waals surface area contributed by atoms with E-state index in [0.29, 0.717) is 28.3 Å². The summed E-state index contributed by atoms with van der Waals surface area (Å²) < 4.78 is 10.5. The lowest BCUT2D eigenvalue weighted by Gasteiger charge is -2.14. The molecule has 0 fully saturated rings. The summed E-state index contributed by atoms with van der Waals surface area (Å²) in [5.41, 5.74) is 7.21. The maximum absolute atomic E-state index is 12.6. The molecule has 0 saturated heterocycles. The number of aryl methyl sites for hydroxylation is 1. The first-order valence-electron chi connectivity index (χ1n) is 8.45. The van der Waals surface area contributed by atoms with Crippen molar-refractivity contribution in [1.82, 2.24) is 4.90 Å². The van der Waals surface area contributed by atoms with E-state index in [4.69, 9.17) is 15.2 Å². The second kappa shape index (κ2) is 8.90. The largest absolute Gasteiger partial charge is 0.493 e. The Bertz CT molecular complexity index is 909. The van der Waals surface area contributed by atoms with Crippen LogP contribution in [0.25, 0.3) is 0 Å². The molecule has 0 heterocycles. The van der Waals surface area contributed by atoms with E-state index < -0.39 is 5.91 Å². The molecule has 0 aromatic heterocycles. The first-order chi connectivity index (χ1) is 13.2. The topological polar surface area (TPSA) is 111 Å². The molecule has 0 unspecified atom stereocenters.